The molecule has 11 heteroatoms. The van der Waals surface area contributed by atoms with E-state index in [1.54, 1.807) is 18.2 Å². The summed E-state index contributed by atoms with van der Waals surface area (Å²) in [6.45, 7) is 0.512. The van der Waals surface area contributed by atoms with E-state index >= 15 is 0 Å². The van der Waals surface area contributed by atoms with Gasteiger partial charge in [-0.3, -0.25) is 0 Å². The van der Waals surface area contributed by atoms with Crippen molar-refractivity contribution >= 4 is 43.8 Å². The number of furan rings is 1. The molecule has 0 saturated carbocycles. The van der Waals surface area contributed by atoms with Crippen LogP contribution in [0.2, 0.25) is 5.02 Å². The molecule has 0 aliphatic heterocycles. The summed E-state index contributed by atoms with van der Waals surface area (Å²) in [5.41, 5.74) is 1.21. The smallest absolute Gasteiger partial charge is 0.148 e. The van der Waals surface area contributed by atoms with E-state index in [1.807, 2.05) is 0 Å². The molecular weight excluding hydrogens is 483 g/mol. The first-order valence-corrected chi connectivity index (χ1v) is 12.5. The van der Waals surface area contributed by atoms with Gasteiger partial charge in [0, 0.05) is 29.9 Å². The third-order valence-corrected chi connectivity index (χ3v) is 6.14. The van der Waals surface area contributed by atoms with Crippen molar-refractivity contribution in [2.75, 3.05) is 30.9 Å². The molecule has 0 bridgehead atoms. The van der Waals surface area contributed by atoms with Crippen LogP contribution in [0.15, 0.2) is 53.2 Å². The van der Waals surface area contributed by atoms with Gasteiger partial charge in [-0.1, -0.05) is 11.6 Å². The van der Waals surface area contributed by atoms with Crippen LogP contribution < -0.4 is 15.4 Å². The summed E-state index contributed by atoms with van der Waals surface area (Å²) in [4.78, 5) is 8.49. The lowest BCUT2D eigenvalue weighted by molar-refractivity contribution is 0.414. The zero-order valence-electron chi connectivity index (χ0n) is 20.9. The number of hydrogen-bond acceptors (Lipinski definition) is 8. The van der Waals surface area contributed by atoms with Crippen molar-refractivity contribution < 1.29 is 26.1 Å². The van der Waals surface area contributed by atoms with Gasteiger partial charge in [0.1, 0.15) is 45.1 Å². The van der Waals surface area contributed by atoms with Gasteiger partial charge in [0.25, 0.3) is 0 Å². The fraction of sp³-hybridized carbons (Fsp3) is 0.217. The summed E-state index contributed by atoms with van der Waals surface area (Å²) in [6, 6.07) is 10.6. The normalized spacial score (nSPS) is 13.3. The number of methoxy groups -OCH3 is 1. The quantitative estimate of drug-likeness (QED) is 0.317. The zero-order chi connectivity index (χ0) is 26.8. The maximum Gasteiger partial charge on any atom is 0.148 e. The fourth-order valence-corrected chi connectivity index (χ4v) is 3.95. The van der Waals surface area contributed by atoms with Crippen LogP contribution in [0.3, 0.4) is 0 Å². The SMILES string of the molecule is [2H]C([2H])([2H])Oc1cc2ncnc(Nc3ccc(F)c(Cl)c3)c2cc1-c1ccc(CNCCS(C)(=O)=O)o1. The summed E-state index contributed by atoms with van der Waals surface area (Å²) in [5, 5.41) is 6.51. The lowest BCUT2D eigenvalue weighted by Crippen LogP contribution is -2.21. The summed E-state index contributed by atoms with van der Waals surface area (Å²) in [5.74, 6) is 0.633. The van der Waals surface area contributed by atoms with E-state index in [1.165, 1.54) is 30.6 Å². The first-order chi connectivity index (χ1) is 17.4. The minimum absolute atomic E-state index is 0.0170. The van der Waals surface area contributed by atoms with Crippen LogP contribution in [-0.4, -0.2) is 44.0 Å². The second kappa shape index (κ2) is 9.96. The highest BCUT2D eigenvalue weighted by Crippen LogP contribution is 2.37. The highest BCUT2D eigenvalue weighted by Gasteiger charge is 2.16. The number of benzene rings is 2. The lowest BCUT2D eigenvalue weighted by Gasteiger charge is -2.12. The molecule has 2 aromatic carbocycles. The Kier molecular flexibility index (Phi) is 5.91. The molecule has 0 aliphatic carbocycles. The number of rotatable bonds is 9. The Labute approximate surface area is 205 Å². The number of anilines is 2. The molecule has 2 aromatic heterocycles. The number of halogens is 2. The molecule has 2 N–H and O–H groups in total. The topological polar surface area (TPSA) is 106 Å². The standard InChI is InChI=1S/C23H22ClFN4O4S/c1-32-22-11-20-16(23(28-13-27-20)29-14-3-5-19(25)18(24)9-14)10-17(22)21-6-4-15(33-21)12-26-7-8-34(2,30)31/h3-6,9-11,13,26H,7-8,12H2,1-2H3,(H,27,28,29)/i1D3. The predicted octanol–water partition coefficient (Wildman–Crippen LogP) is 4.57. The molecule has 0 aliphatic rings. The molecule has 4 aromatic rings. The molecule has 0 radical (unpaired) electrons. The molecule has 0 spiro atoms. The third kappa shape index (κ3) is 5.64. The second-order valence-corrected chi connectivity index (χ2v) is 10.2. The first-order valence-electron chi connectivity index (χ1n) is 11.6. The second-order valence-electron chi connectivity index (χ2n) is 7.52. The van der Waals surface area contributed by atoms with Crippen LogP contribution in [-0.2, 0) is 16.4 Å². The maximum atomic E-state index is 13.6. The van der Waals surface area contributed by atoms with Gasteiger partial charge in [-0.15, -0.1) is 0 Å². The number of nitrogens with zero attached hydrogens (tertiary/aromatic N) is 2. The zero-order valence-corrected chi connectivity index (χ0v) is 19.5. The van der Waals surface area contributed by atoms with Gasteiger partial charge in [0.15, 0.2) is 0 Å². The van der Waals surface area contributed by atoms with Crippen molar-refractivity contribution in [3.05, 3.63) is 65.4 Å². The van der Waals surface area contributed by atoms with Crippen molar-refractivity contribution in [2.45, 2.75) is 6.54 Å². The van der Waals surface area contributed by atoms with Gasteiger partial charge in [0.2, 0.25) is 0 Å². The van der Waals surface area contributed by atoms with Crippen molar-refractivity contribution in [3.8, 4) is 17.1 Å². The van der Waals surface area contributed by atoms with Crippen LogP contribution in [0.25, 0.3) is 22.2 Å². The Morgan fingerprint density at radius 2 is 2.06 bits per heavy atom. The average Bonchev–Trinajstić information content (AvgIpc) is 3.26. The Bertz CT molecular complexity index is 1550. The third-order valence-electron chi connectivity index (χ3n) is 4.90. The largest absolute Gasteiger partial charge is 0.496 e. The average molecular weight is 508 g/mol. The van der Waals surface area contributed by atoms with Gasteiger partial charge >= 0.3 is 0 Å². The molecule has 8 nitrogen and oxygen atoms in total. The molecular formula is C23H22ClFN4O4S. The van der Waals surface area contributed by atoms with Crippen LogP contribution in [0.1, 0.15) is 9.87 Å². The Hall–Kier alpha value is -3.21. The summed E-state index contributed by atoms with van der Waals surface area (Å²) in [6.07, 6.45) is 2.45. The van der Waals surface area contributed by atoms with E-state index in [0.717, 1.165) is 6.26 Å². The molecule has 0 unspecified atom stereocenters. The van der Waals surface area contributed by atoms with Crippen molar-refractivity contribution in [1.82, 2.24) is 15.3 Å². The van der Waals surface area contributed by atoms with E-state index in [2.05, 4.69) is 20.6 Å². The monoisotopic (exact) mass is 507 g/mol. The van der Waals surface area contributed by atoms with E-state index in [4.69, 9.17) is 24.9 Å². The predicted molar refractivity (Wildman–Crippen MR) is 130 cm³/mol. The molecule has 34 heavy (non-hydrogen) atoms. The Morgan fingerprint density at radius 1 is 1.21 bits per heavy atom. The molecule has 0 amide bonds. The van der Waals surface area contributed by atoms with Gasteiger partial charge in [-0.2, -0.15) is 0 Å². The molecule has 0 fully saturated rings. The fourth-order valence-electron chi connectivity index (χ4n) is 3.26. The molecule has 4 rings (SSSR count). The number of fused-ring (bicyclic) bond motifs is 1. The van der Waals surface area contributed by atoms with E-state index in [9.17, 15) is 12.8 Å². The van der Waals surface area contributed by atoms with Crippen LogP contribution in [0.4, 0.5) is 15.9 Å². The Balaban J connectivity index is 1.70. The maximum absolute atomic E-state index is 13.6. The minimum Gasteiger partial charge on any atom is -0.496 e. The van der Waals surface area contributed by atoms with Crippen molar-refractivity contribution in [1.29, 1.82) is 0 Å². The summed E-state index contributed by atoms with van der Waals surface area (Å²) >= 11 is 5.89. The molecule has 2 heterocycles. The van der Waals surface area contributed by atoms with Crippen LogP contribution >= 0.6 is 11.6 Å². The van der Waals surface area contributed by atoms with Gasteiger partial charge in [0.05, 0.1) is 39.6 Å². The van der Waals surface area contributed by atoms with E-state index < -0.39 is 22.7 Å². The Morgan fingerprint density at radius 3 is 2.82 bits per heavy atom. The van der Waals surface area contributed by atoms with Crippen LogP contribution in [0.5, 0.6) is 5.75 Å². The number of hydrogen-bond donors (Lipinski definition) is 2. The van der Waals surface area contributed by atoms with Crippen molar-refractivity contribution in [3.63, 3.8) is 0 Å². The van der Waals surface area contributed by atoms with Crippen LogP contribution in [0, 0.1) is 5.82 Å². The number of sulfone groups is 1. The lowest BCUT2D eigenvalue weighted by atomic mass is 10.1. The highest BCUT2D eigenvalue weighted by molar-refractivity contribution is 7.90. The number of ether oxygens (including phenoxy) is 1. The van der Waals surface area contributed by atoms with E-state index in [-0.39, 0.29) is 29.6 Å². The van der Waals surface area contributed by atoms with Crippen molar-refractivity contribution in [2.24, 2.45) is 0 Å². The number of nitrogens with one attached hydrogen (secondary N) is 2. The summed E-state index contributed by atoms with van der Waals surface area (Å²) in [7, 11) is -5.83. The summed E-state index contributed by atoms with van der Waals surface area (Å²) < 4.78 is 70.0. The first kappa shape index (κ1) is 20.2. The molecule has 178 valence electrons. The van der Waals surface area contributed by atoms with Gasteiger partial charge in [-0.05, 0) is 36.4 Å². The molecule has 0 atom stereocenters. The highest BCUT2D eigenvalue weighted by atomic mass is 35.5. The minimum atomic E-state index is -3.10. The van der Waals surface area contributed by atoms with Gasteiger partial charge < -0.3 is 19.8 Å². The molecule has 0 saturated heterocycles. The van der Waals surface area contributed by atoms with E-state index in [0.29, 0.717) is 39.5 Å². The number of aromatic nitrogens is 2. The van der Waals surface area contributed by atoms with Gasteiger partial charge in [-0.25, -0.2) is 22.8 Å².